The molecule has 0 unspecified atom stereocenters. The summed E-state index contributed by atoms with van der Waals surface area (Å²) in [6.07, 6.45) is 0. The molecule has 30 heavy (non-hydrogen) atoms. The van der Waals surface area contributed by atoms with Gasteiger partial charge in [0, 0.05) is 22.7 Å². The summed E-state index contributed by atoms with van der Waals surface area (Å²) in [7, 11) is 0. The summed E-state index contributed by atoms with van der Waals surface area (Å²) in [5, 5.41) is 8.02. The molecule has 6 nitrogen and oxygen atoms in total. The van der Waals surface area contributed by atoms with Crippen molar-refractivity contribution in [2.24, 2.45) is 11.8 Å². The lowest BCUT2D eigenvalue weighted by molar-refractivity contribution is -0.130. The van der Waals surface area contributed by atoms with E-state index in [0.717, 1.165) is 16.3 Å². The summed E-state index contributed by atoms with van der Waals surface area (Å²) in [5.41, 5.74) is 0.765. The fourth-order valence-electron chi connectivity index (χ4n) is 5.56. The zero-order valence-corrected chi connectivity index (χ0v) is 16.3. The van der Waals surface area contributed by atoms with Crippen LogP contribution in [-0.4, -0.2) is 23.8 Å². The van der Waals surface area contributed by atoms with Gasteiger partial charge in [-0.25, -0.2) is 4.90 Å². The lowest BCUT2D eigenvalue weighted by atomic mass is 9.76. The normalized spacial score (nSPS) is 29.6. The number of para-hydroxylation sites is 1. The fraction of sp³-hybridized carbons (Fsp3) is 0.208. The van der Waals surface area contributed by atoms with Crippen LogP contribution in [0.15, 0.2) is 66.7 Å². The van der Waals surface area contributed by atoms with Gasteiger partial charge < -0.3 is 5.32 Å². The van der Waals surface area contributed by atoms with Crippen LogP contribution < -0.4 is 15.5 Å². The van der Waals surface area contributed by atoms with E-state index in [4.69, 9.17) is 0 Å². The third kappa shape index (κ3) is 1.94. The molecule has 2 N–H and O–H groups in total. The third-order valence-electron chi connectivity index (χ3n) is 6.78. The van der Waals surface area contributed by atoms with E-state index in [9.17, 15) is 14.4 Å². The van der Waals surface area contributed by atoms with Crippen molar-refractivity contribution in [1.29, 1.82) is 0 Å². The van der Waals surface area contributed by atoms with Crippen molar-refractivity contribution in [2.75, 3.05) is 10.2 Å². The molecule has 3 aromatic carbocycles. The van der Waals surface area contributed by atoms with Crippen LogP contribution in [0.2, 0.25) is 0 Å². The Balaban J connectivity index is 1.54. The molecule has 0 bridgehead atoms. The Morgan fingerprint density at radius 1 is 0.867 bits per heavy atom. The Hall–Kier alpha value is -3.51. The minimum atomic E-state index is -1.23. The molecule has 0 aliphatic carbocycles. The second-order valence-corrected chi connectivity index (χ2v) is 8.25. The Morgan fingerprint density at radius 2 is 1.60 bits per heavy atom. The van der Waals surface area contributed by atoms with Crippen molar-refractivity contribution in [3.8, 4) is 0 Å². The summed E-state index contributed by atoms with van der Waals surface area (Å²) in [4.78, 5) is 41.8. The van der Waals surface area contributed by atoms with Crippen molar-refractivity contribution in [3.63, 3.8) is 0 Å². The molecular formula is C24H19N3O3. The highest BCUT2D eigenvalue weighted by Gasteiger charge is 2.69. The van der Waals surface area contributed by atoms with Crippen LogP contribution in [0.4, 0.5) is 11.4 Å². The molecule has 2 fully saturated rings. The quantitative estimate of drug-likeness (QED) is 0.619. The van der Waals surface area contributed by atoms with Crippen LogP contribution in [0.5, 0.6) is 0 Å². The average Bonchev–Trinajstić information content (AvgIpc) is 3.32. The number of hydrogen-bond donors (Lipinski definition) is 2. The molecule has 3 aliphatic rings. The van der Waals surface area contributed by atoms with E-state index in [1.807, 2.05) is 67.6 Å². The van der Waals surface area contributed by atoms with Gasteiger partial charge in [-0.05, 0) is 24.4 Å². The van der Waals surface area contributed by atoms with Crippen LogP contribution in [0.3, 0.4) is 0 Å². The van der Waals surface area contributed by atoms with Gasteiger partial charge in [-0.15, -0.1) is 0 Å². The predicted octanol–water partition coefficient (Wildman–Crippen LogP) is 2.78. The van der Waals surface area contributed by atoms with E-state index < -0.39 is 17.4 Å². The smallest absolute Gasteiger partial charge is 0.250 e. The summed E-state index contributed by atoms with van der Waals surface area (Å²) in [5.74, 6) is -2.25. The van der Waals surface area contributed by atoms with Crippen LogP contribution >= 0.6 is 0 Å². The number of nitrogens with one attached hydrogen (secondary N) is 2. The molecule has 148 valence electrons. The molecule has 3 amide bonds. The third-order valence-corrected chi connectivity index (χ3v) is 6.78. The first-order valence-electron chi connectivity index (χ1n) is 10.1. The molecule has 4 atom stereocenters. The summed E-state index contributed by atoms with van der Waals surface area (Å²) >= 11 is 0. The first-order valence-corrected chi connectivity index (χ1v) is 10.1. The van der Waals surface area contributed by atoms with E-state index in [2.05, 4.69) is 10.6 Å². The minimum Gasteiger partial charge on any atom is -0.324 e. The van der Waals surface area contributed by atoms with Crippen molar-refractivity contribution in [1.82, 2.24) is 5.32 Å². The Labute approximate surface area is 172 Å². The number of rotatable bonds is 1. The van der Waals surface area contributed by atoms with Gasteiger partial charge in [0.2, 0.25) is 17.7 Å². The Kier molecular flexibility index (Phi) is 3.34. The van der Waals surface area contributed by atoms with E-state index in [1.165, 1.54) is 4.90 Å². The monoisotopic (exact) mass is 397 g/mol. The molecule has 3 heterocycles. The number of benzene rings is 3. The van der Waals surface area contributed by atoms with E-state index in [-0.39, 0.29) is 23.8 Å². The van der Waals surface area contributed by atoms with Crippen molar-refractivity contribution in [3.05, 3.63) is 72.3 Å². The maximum Gasteiger partial charge on any atom is 0.250 e. The molecule has 0 aromatic heterocycles. The molecular weight excluding hydrogens is 378 g/mol. The first-order chi connectivity index (χ1) is 14.5. The van der Waals surface area contributed by atoms with Crippen LogP contribution in [0.1, 0.15) is 12.5 Å². The molecule has 6 rings (SSSR count). The summed E-state index contributed by atoms with van der Waals surface area (Å²) in [6.45, 7) is 1.87. The minimum absolute atomic E-state index is 0.254. The number of nitrogens with zero attached hydrogens (tertiary/aromatic N) is 1. The standard InChI is InChI=1S/C24H19N3O3/c1-13-19-20(24(26-13)16-10-4-5-11-17(16)25-23(24)30)22(29)27(21(19)28)18-12-6-8-14-7-2-3-9-15(14)18/h2-13,19-20,26H,1H3,(H,25,30)/t13-,19-,20+,24+/m1/s1. The number of fused-ring (bicyclic) bond motifs is 5. The largest absolute Gasteiger partial charge is 0.324 e. The SMILES string of the molecule is C[C@H]1N[C@]2(C(=O)Nc3ccccc32)[C@@H]2C(=O)N(c3cccc4ccccc34)C(=O)[C@@H]21. The summed E-state index contributed by atoms with van der Waals surface area (Å²) in [6, 6.07) is 20.3. The Bertz CT molecular complexity index is 1260. The van der Waals surface area contributed by atoms with Gasteiger partial charge in [0.05, 0.1) is 17.5 Å². The average molecular weight is 397 g/mol. The highest BCUT2D eigenvalue weighted by molar-refractivity contribution is 6.27. The van der Waals surface area contributed by atoms with E-state index in [0.29, 0.717) is 11.4 Å². The lowest BCUT2D eigenvalue weighted by Gasteiger charge is -2.29. The van der Waals surface area contributed by atoms with Gasteiger partial charge >= 0.3 is 0 Å². The van der Waals surface area contributed by atoms with Crippen molar-refractivity contribution >= 4 is 39.9 Å². The fourth-order valence-corrected chi connectivity index (χ4v) is 5.56. The van der Waals surface area contributed by atoms with Gasteiger partial charge in [-0.2, -0.15) is 0 Å². The molecule has 3 aromatic rings. The van der Waals surface area contributed by atoms with Crippen LogP contribution in [0, 0.1) is 11.8 Å². The predicted molar refractivity (Wildman–Crippen MR) is 113 cm³/mol. The maximum absolute atomic E-state index is 13.8. The highest BCUT2D eigenvalue weighted by atomic mass is 16.2. The van der Waals surface area contributed by atoms with Crippen molar-refractivity contribution < 1.29 is 14.4 Å². The van der Waals surface area contributed by atoms with Gasteiger partial charge in [0.15, 0.2) is 0 Å². The molecule has 3 aliphatic heterocycles. The van der Waals surface area contributed by atoms with Gasteiger partial charge in [-0.3, -0.25) is 19.7 Å². The Morgan fingerprint density at radius 3 is 2.47 bits per heavy atom. The molecule has 2 saturated heterocycles. The second kappa shape index (κ2) is 5.77. The van der Waals surface area contributed by atoms with E-state index >= 15 is 0 Å². The van der Waals surface area contributed by atoms with Gasteiger partial charge in [0.1, 0.15) is 5.54 Å². The highest BCUT2D eigenvalue weighted by Crippen LogP contribution is 2.53. The van der Waals surface area contributed by atoms with E-state index in [1.54, 1.807) is 6.07 Å². The lowest BCUT2D eigenvalue weighted by Crippen LogP contribution is -2.53. The molecule has 6 heteroatoms. The first kappa shape index (κ1) is 17.4. The van der Waals surface area contributed by atoms with Gasteiger partial charge in [0.25, 0.3) is 0 Å². The number of amides is 3. The van der Waals surface area contributed by atoms with Crippen molar-refractivity contribution in [2.45, 2.75) is 18.5 Å². The molecule has 0 radical (unpaired) electrons. The number of imide groups is 1. The topological polar surface area (TPSA) is 78.5 Å². The molecule has 1 spiro atoms. The number of carbonyl (C=O) groups is 3. The zero-order valence-electron chi connectivity index (χ0n) is 16.3. The second-order valence-electron chi connectivity index (χ2n) is 8.25. The number of carbonyl (C=O) groups excluding carboxylic acids is 3. The van der Waals surface area contributed by atoms with Crippen LogP contribution in [-0.2, 0) is 19.9 Å². The maximum atomic E-state index is 13.8. The van der Waals surface area contributed by atoms with Crippen LogP contribution in [0.25, 0.3) is 10.8 Å². The molecule has 0 saturated carbocycles. The van der Waals surface area contributed by atoms with Gasteiger partial charge in [-0.1, -0.05) is 54.6 Å². The number of anilines is 2. The number of hydrogen-bond acceptors (Lipinski definition) is 4. The zero-order chi connectivity index (χ0) is 20.6. The summed E-state index contributed by atoms with van der Waals surface area (Å²) < 4.78 is 0.